The van der Waals surface area contributed by atoms with E-state index in [4.69, 9.17) is 16.9 Å². The zero-order valence-corrected chi connectivity index (χ0v) is 15.5. The van der Waals surface area contributed by atoms with E-state index in [1.807, 2.05) is 12.1 Å². The third kappa shape index (κ3) is 3.32. The molecule has 0 unspecified atom stereocenters. The van der Waals surface area contributed by atoms with Crippen LogP contribution in [0.1, 0.15) is 11.1 Å². The fraction of sp³-hybridized carbons (Fsp3) is 0.0500. The quantitative estimate of drug-likeness (QED) is 0.308. The molecular weight excluding hydrogens is 356 g/mol. The van der Waals surface area contributed by atoms with Gasteiger partial charge in [-0.15, -0.1) is 11.3 Å². The van der Waals surface area contributed by atoms with Crippen molar-refractivity contribution < 1.29 is 0 Å². The summed E-state index contributed by atoms with van der Waals surface area (Å²) in [6.07, 6.45) is 2.85. The zero-order chi connectivity index (χ0) is 19.0. The van der Waals surface area contributed by atoms with E-state index in [9.17, 15) is 0 Å². The molecule has 2 heterocycles. The number of aryl methyl sites for hydroxylation is 1. The number of nitrogens with two attached hydrogens (primary N) is 2. The molecule has 0 saturated carbocycles. The van der Waals surface area contributed by atoms with Crippen LogP contribution in [0.4, 0.5) is 23.1 Å². The molecule has 4 aromatic rings. The van der Waals surface area contributed by atoms with Gasteiger partial charge in [-0.05, 0) is 42.6 Å². The van der Waals surface area contributed by atoms with Gasteiger partial charge in [0.05, 0.1) is 0 Å². The lowest BCUT2D eigenvalue weighted by molar-refractivity contribution is 1.18. The van der Waals surface area contributed by atoms with Gasteiger partial charge in [0, 0.05) is 44.5 Å². The molecule has 0 aliphatic carbocycles. The van der Waals surface area contributed by atoms with Crippen molar-refractivity contribution in [3.63, 3.8) is 0 Å². The van der Waals surface area contributed by atoms with Gasteiger partial charge in [-0.1, -0.05) is 17.7 Å². The second-order valence-corrected chi connectivity index (χ2v) is 7.33. The summed E-state index contributed by atoms with van der Waals surface area (Å²) >= 11 is 1.68. The summed E-state index contributed by atoms with van der Waals surface area (Å²) in [5, 5.41) is 12.1. The number of hydrogen-bond acceptors (Lipinski definition) is 7. The molecule has 6 N–H and O–H groups in total. The first-order chi connectivity index (χ1) is 13.0. The highest BCUT2D eigenvalue weighted by molar-refractivity contribution is 7.22. The van der Waals surface area contributed by atoms with Crippen LogP contribution >= 0.6 is 11.3 Å². The minimum absolute atomic E-state index is 0.197. The van der Waals surface area contributed by atoms with Gasteiger partial charge in [0.1, 0.15) is 5.82 Å². The van der Waals surface area contributed by atoms with Crippen molar-refractivity contribution in [2.45, 2.75) is 6.92 Å². The Morgan fingerprint density at radius 3 is 2.74 bits per heavy atom. The molecule has 0 bridgehead atoms. The van der Waals surface area contributed by atoms with Crippen LogP contribution in [-0.4, -0.2) is 16.2 Å². The number of benzene rings is 2. The molecule has 2 aromatic heterocycles. The van der Waals surface area contributed by atoms with E-state index in [0.29, 0.717) is 17.1 Å². The van der Waals surface area contributed by atoms with Gasteiger partial charge in [-0.25, -0.2) is 4.98 Å². The van der Waals surface area contributed by atoms with Gasteiger partial charge in [0.15, 0.2) is 0 Å². The van der Waals surface area contributed by atoms with Crippen molar-refractivity contribution in [2.24, 2.45) is 0 Å². The van der Waals surface area contributed by atoms with Crippen LogP contribution in [0.2, 0.25) is 0 Å². The first-order valence-corrected chi connectivity index (χ1v) is 9.15. The molecule has 27 heavy (non-hydrogen) atoms. The minimum atomic E-state index is 0.197. The van der Waals surface area contributed by atoms with Crippen molar-refractivity contribution in [2.75, 3.05) is 16.8 Å². The van der Waals surface area contributed by atoms with Crippen molar-refractivity contribution in [1.29, 1.82) is 5.41 Å². The van der Waals surface area contributed by atoms with E-state index in [1.165, 1.54) is 21.9 Å². The second kappa shape index (κ2) is 6.69. The van der Waals surface area contributed by atoms with Gasteiger partial charge < -0.3 is 22.2 Å². The number of anilines is 4. The molecule has 0 spiro atoms. The highest BCUT2D eigenvalue weighted by atomic mass is 32.1. The van der Waals surface area contributed by atoms with E-state index in [2.05, 4.69) is 46.5 Å². The molecule has 0 aliphatic heterocycles. The van der Waals surface area contributed by atoms with Gasteiger partial charge in [0.25, 0.3) is 0 Å². The van der Waals surface area contributed by atoms with Crippen LogP contribution in [0.3, 0.4) is 0 Å². The topological polar surface area (TPSA) is 114 Å². The van der Waals surface area contributed by atoms with Crippen molar-refractivity contribution in [3.8, 4) is 10.4 Å². The lowest BCUT2D eigenvalue weighted by Crippen LogP contribution is -2.02. The fourth-order valence-corrected chi connectivity index (χ4v) is 4.03. The molecule has 134 valence electrons. The summed E-state index contributed by atoms with van der Waals surface area (Å²) in [5.74, 6) is 0.781. The molecule has 6 nitrogen and oxygen atoms in total. The van der Waals surface area contributed by atoms with Crippen LogP contribution in [0.5, 0.6) is 0 Å². The van der Waals surface area contributed by atoms with E-state index >= 15 is 0 Å². The predicted octanol–water partition coefficient (Wildman–Crippen LogP) is 4.57. The number of rotatable bonds is 4. The van der Waals surface area contributed by atoms with Gasteiger partial charge in [-0.3, -0.25) is 0 Å². The molecule has 0 atom stereocenters. The fourth-order valence-electron chi connectivity index (χ4n) is 2.96. The Balaban J connectivity index is 1.82. The molecule has 2 aromatic carbocycles. The van der Waals surface area contributed by atoms with Crippen LogP contribution in [0.25, 0.3) is 20.5 Å². The molecule has 0 fully saturated rings. The Labute approximate surface area is 160 Å². The van der Waals surface area contributed by atoms with E-state index in [0.717, 1.165) is 16.1 Å². The molecular formula is C20H18N6S. The van der Waals surface area contributed by atoms with Crippen LogP contribution in [-0.2, 0) is 0 Å². The smallest absolute Gasteiger partial charge is 0.221 e. The van der Waals surface area contributed by atoms with E-state index in [1.54, 1.807) is 23.6 Å². The number of aromatic nitrogens is 2. The Bertz CT molecular complexity index is 1160. The first-order valence-electron chi connectivity index (χ1n) is 8.33. The maximum absolute atomic E-state index is 7.71. The molecule has 4 rings (SSSR count). The second-order valence-electron chi connectivity index (χ2n) is 6.25. The van der Waals surface area contributed by atoms with E-state index in [-0.39, 0.29) is 5.95 Å². The number of nitrogens with zero attached hydrogens (tertiary/aromatic N) is 2. The summed E-state index contributed by atoms with van der Waals surface area (Å²) < 4.78 is 1.20. The van der Waals surface area contributed by atoms with Gasteiger partial charge in [-0.2, -0.15) is 4.98 Å². The third-order valence-electron chi connectivity index (χ3n) is 4.25. The molecule has 0 radical (unpaired) electrons. The maximum Gasteiger partial charge on any atom is 0.221 e. The van der Waals surface area contributed by atoms with Gasteiger partial charge in [0.2, 0.25) is 5.95 Å². The van der Waals surface area contributed by atoms with Crippen LogP contribution in [0.15, 0.2) is 48.7 Å². The summed E-state index contributed by atoms with van der Waals surface area (Å²) in [5.41, 5.74) is 16.1. The van der Waals surface area contributed by atoms with Crippen molar-refractivity contribution >= 4 is 50.8 Å². The minimum Gasteiger partial charge on any atom is -0.398 e. The summed E-state index contributed by atoms with van der Waals surface area (Å²) in [4.78, 5) is 9.12. The van der Waals surface area contributed by atoms with Gasteiger partial charge >= 0.3 is 0 Å². The average Bonchev–Trinajstić information content (AvgIpc) is 3.06. The number of nitrogens with one attached hydrogen (secondary N) is 2. The Kier molecular flexibility index (Phi) is 4.21. The highest BCUT2D eigenvalue weighted by Crippen LogP contribution is 2.39. The maximum atomic E-state index is 7.71. The summed E-state index contributed by atoms with van der Waals surface area (Å²) in [6.45, 7) is 2.08. The summed E-state index contributed by atoms with van der Waals surface area (Å²) in [7, 11) is 0. The largest absolute Gasteiger partial charge is 0.398 e. The summed E-state index contributed by atoms with van der Waals surface area (Å²) in [6, 6.07) is 14.1. The first kappa shape index (κ1) is 17.0. The molecule has 0 saturated heterocycles. The third-order valence-corrected chi connectivity index (χ3v) is 5.40. The molecule has 0 aliphatic rings. The highest BCUT2D eigenvalue weighted by Gasteiger charge is 2.13. The number of hydrogen-bond donors (Lipinski definition) is 4. The lowest BCUT2D eigenvalue weighted by atomic mass is 10.0. The Morgan fingerprint density at radius 1 is 1.11 bits per heavy atom. The number of thiophene rings is 1. The standard InChI is InChI=1S/C20H18N6S/c1-11-2-3-16-12(6-11)8-17(27-16)15-9-14(7-13(10-21)19(15)22)25-18-4-5-24-20(23)26-18/h2-10,21H,22H2,1H3,(H3,23,24,25,26). The normalized spacial score (nSPS) is 10.9. The Morgan fingerprint density at radius 2 is 1.96 bits per heavy atom. The molecule has 7 heteroatoms. The van der Waals surface area contributed by atoms with Crippen molar-refractivity contribution in [3.05, 3.63) is 59.8 Å². The number of fused-ring (bicyclic) bond motifs is 1. The molecule has 0 amide bonds. The number of nitrogen functional groups attached to an aromatic ring is 2. The van der Waals surface area contributed by atoms with E-state index < -0.39 is 0 Å². The zero-order valence-electron chi connectivity index (χ0n) is 14.7. The lowest BCUT2D eigenvalue weighted by Gasteiger charge is -2.12. The Hall–Kier alpha value is -3.45. The SMILES string of the molecule is Cc1ccc2sc(-c3cc(Nc4ccnc(N)n4)cc(C=N)c3N)cc2c1. The van der Waals surface area contributed by atoms with Crippen LogP contribution < -0.4 is 16.8 Å². The average molecular weight is 374 g/mol. The van der Waals surface area contributed by atoms with Crippen LogP contribution in [0, 0.1) is 12.3 Å². The monoisotopic (exact) mass is 374 g/mol. The predicted molar refractivity (Wildman–Crippen MR) is 114 cm³/mol. The van der Waals surface area contributed by atoms with Crippen molar-refractivity contribution in [1.82, 2.24) is 9.97 Å².